The maximum atomic E-state index is 5.04. The van der Waals surface area contributed by atoms with E-state index in [9.17, 15) is 0 Å². The average Bonchev–Trinajstić information content (AvgIpc) is 2.93. The molecule has 0 aromatic carbocycles. The van der Waals surface area contributed by atoms with Crippen molar-refractivity contribution in [3.05, 3.63) is 36.0 Å². The Balaban J connectivity index is 2.03. The highest BCUT2D eigenvalue weighted by atomic mass is 14.7. The Morgan fingerprint density at radius 1 is 0.421 bits per heavy atom. The third-order valence-corrected chi connectivity index (χ3v) is 8.35. The van der Waals surface area contributed by atoms with E-state index in [2.05, 4.69) is 32.9 Å². The van der Waals surface area contributed by atoms with Crippen LogP contribution in [-0.4, -0.2) is 4.98 Å². The number of unbranched alkanes of at least 4 members (excludes halogenated alkanes) is 24. The van der Waals surface area contributed by atoms with E-state index >= 15 is 0 Å². The van der Waals surface area contributed by atoms with Crippen molar-refractivity contribution in [2.75, 3.05) is 0 Å². The van der Waals surface area contributed by atoms with Gasteiger partial charge in [-0.05, 0) is 56.7 Å². The van der Waals surface area contributed by atoms with Gasteiger partial charge >= 0.3 is 0 Å². The van der Waals surface area contributed by atoms with Gasteiger partial charge in [0.15, 0.2) is 0 Å². The van der Waals surface area contributed by atoms with Crippen molar-refractivity contribution in [1.82, 2.24) is 4.98 Å². The zero-order chi connectivity index (χ0) is 27.4. The van der Waals surface area contributed by atoms with Gasteiger partial charge in [-0.15, -0.1) is 0 Å². The summed E-state index contributed by atoms with van der Waals surface area (Å²) in [5.41, 5.74) is 4.02. The molecule has 0 bridgehead atoms. The van der Waals surface area contributed by atoms with Crippen molar-refractivity contribution in [2.24, 2.45) is 0 Å². The molecule has 0 aliphatic carbocycles. The van der Waals surface area contributed by atoms with Gasteiger partial charge in [-0.1, -0.05) is 168 Å². The summed E-state index contributed by atoms with van der Waals surface area (Å²) < 4.78 is 0. The van der Waals surface area contributed by atoms with E-state index in [1.165, 1.54) is 184 Å². The van der Waals surface area contributed by atoms with Crippen LogP contribution < -0.4 is 0 Å². The van der Waals surface area contributed by atoms with Gasteiger partial charge < -0.3 is 0 Å². The normalized spacial score (nSPS) is 11.4. The van der Waals surface area contributed by atoms with E-state index in [1.807, 2.05) is 0 Å². The van der Waals surface area contributed by atoms with E-state index in [-0.39, 0.29) is 0 Å². The van der Waals surface area contributed by atoms with Crippen LogP contribution >= 0.6 is 0 Å². The van der Waals surface area contributed by atoms with Crippen molar-refractivity contribution < 1.29 is 0 Å². The summed E-state index contributed by atoms with van der Waals surface area (Å²) in [7, 11) is 0. The van der Waals surface area contributed by atoms with E-state index in [0.29, 0.717) is 0 Å². The first kappa shape index (κ1) is 35.2. The van der Waals surface area contributed by atoms with Gasteiger partial charge in [0.1, 0.15) is 0 Å². The van der Waals surface area contributed by atoms with Crippen LogP contribution in [0, 0.1) is 6.92 Å². The molecule has 1 rings (SSSR count). The Bertz CT molecular complexity index is 558. The van der Waals surface area contributed by atoms with Crippen LogP contribution in [-0.2, 0) is 19.3 Å². The first-order valence-corrected chi connectivity index (χ1v) is 17.6. The molecule has 38 heavy (non-hydrogen) atoms. The Hall–Kier alpha value is -0.850. The molecular weight excluding hydrogens is 458 g/mol. The highest BCUT2D eigenvalue weighted by Crippen LogP contribution is 2.17. The number of aromatic nitrogens is 1. The molecule has 1 aromatic rings. The highest BCUT2D eigenvalue weighted by molar-refractivity contribution is 5.22. The third kappa shape index (κ3) is 22.0. The van der Waals surface area contributed by atoms with Crippen LogP contribution in [0.15, 0.2) is 12.1 Å². The Morgan fingerprint density at radius 2 is 0.684 bits per heavy atom. The lowest BCUT2D eigenvalue weighted by Gasteiger charge is -2.09. The molecule has 1 radical (unpaired) electrons. The zero-order valence-electron chi connectivity index (χ0n) is 26.3. The quantitative estimate of drug-likeness (QED) is 0.0946. The number of hydrogen-bond donors (Lipinski definition) is 0. The summed E-state index contributed by atoms with van der Waals surface area (Å²) in [6.07, 6.45) is 40.0. The molecule has 0 aliphatic rings. The zero-order valence-corrected chi connectivity index (χ0v) is 26.3. The van der Waals surface area contributed by atoms with Crippen LogP contribution in [0.4, 0.5) is 0 Å². The first-order chi connectivity index (χ1) is 18.8. The maximum Gasteiger partial charge on any atom is 0.0409 e. The highest BCUT2D eigenvalue weighted by Gasteiger charge is 2.04. The summed E-state index contributed by atoms with van der Waals surface area (Å²) in [6, 6.07) is 4.64. The number of hydrogen-bond acceptors (Lipinski definition) is 1. The summed E-state index contributed by atoms with van der Waals surface area (Å²) in [4.78, 5) is 5.04. The van der Waals surface area contributed by atoms with Crippen LogP contribution in [0.2, 0.25) is 0 Å². The Labute approximate surface area is 240 Å². The molecular formula is C37H68N. The molecule has 0 atom stereocenters. The minimum atomic E-state index is 0.889. The molecule has 1 nitrogen and oxygen atoms in total. The van der Waals surface area contributed by atoms with Gasteiger partial charge in [0.25, 0.3) is 0 Å². The lowest BCUT2D eigenvalue weighted by Crippen LogP contribution is -2.00. The third-order valence-electron chi connectivity index (χ3n) is 8.35. The van der Waals surface area contributed by atoms with Crippen LogP contribution in [0.25, 0.3) is 0 Å². The molecule has 1 heterocycles. The van der Waals surface area contributed by atoms with Crippen molar-refractivity contribution in [2.45, 2.75) is 200 Å². The molecule has 1 heteroatoms. The standard InChI is InChI=1S/C37H68N/c1-4-7-9-11-13-15-17-19-21-23-25-27-29-31-36-33-35(6-3)34-37(38-36)32-30-28-26-24-22-20-18-16-14-12-10-8-5-2/h33-34H,3-32H2,1-2H3. The van der Waals surface area contributed by atoms with Crippen LogP contribution in [0.3, 0.4) is 0 Å². The number of aryl methyl sites for hydroxylation is 2. The summed E-state index contributed by atoms with van der Waals surface area (Å²) in [5.74, 6) is 0. The smallest absolute Gasteiger partial charge is 0.0409 e. The van der Waals surface area contributed by atoms with Gasteiger partial charge in [0.2, 0.25) is 0 Å². The second-order valence-corrected chi connectivity index (χ2v) is 12.2. The fourth-order valence-corrected chi connectivity index (χ4v) is 5.77. The van der Waals surface area contributed by atoms with E-state index in [4.69, 9.17) is 4.98 Å². The SMILES string of the molecule is [CH2]Cc1cc(CCCCCCCCCCCCCCC)nc(CCCCCCCCCCCCCCC)c1. The summed E-state index contributed by atoms with van der Waals surface area (Å²) in [5, 5.41) is 0. The van der Waals surface area contributed by atoms with E-state index in [1.54, 1.807) is 0 Å². The van der Waals surface area contributed by atoms with Gasteiger partial charge in [-0.25, -0.2) is 0 Å². The maximum absolute atomic E-state index is 5.04. The largest absolute Gasteiger partial charge is 0.258 e. The van der Waals surface area contributed by atoms with E-state index < -0.39 is 0 Å². The second kappa shape index (κ2) is 27.7. The van der Waals surface area contributed by atoms with Gasteiger partial charge in [0.05, 0.1) is 0 Å². The number of pyridine rings is 1. The lowest BCUT2D eigenvalue weighted by molar-refractivity contribution is 0.537. The van der Waals surface area contributed by atoms with Gasteiger partial charge in [-0.2, -0.15) is 0 Å². The monoisotopic (exact) mass is 527 g/mol. The molecule has 221 valence electrons. The molecule has 0 N–H and O–H groups in total. The molecule has 0 fully saturated rings. The van der Waals surface area contributed by atoms with E-state index in [0.717, 1.165) is 19.3 Å². The molecule has 0 spiro atoms. The lowest BCUT2D eigenvalue weighted by atomic mass is 10.0. The topological polar surface area (TPSA) is 12.9 Å². The molecule has 0 aliphatic heterocycles. The average molecular weight is 527 g/mol. The van der Waals surface area contributed by atoms with Crippen LogP contribution in [0.1, 0.15) is 198 Å². The Kier molecular flexibility index (Phi) is 25.6. The second-order valence-electron chi connectivity index (χ2n) is 12.2. The first-order valence-electron chi connectivity index (χ1n) is 17.6. The number of rotatable bonds is 29. The van der Waals surface area contributed by atoms with Gasteiger partial charge in [-0.3, -0.25) is 4.98 Å². The summed E-state index contributed by atoms with van der Waals surface area (Å²) >= 11 is 0. The predicted octanol–water partition coefficient (Wildman–Crippen LogP) is 12.7. The van der Waals surface area contributed by atoms with Crippen molar-refractivity contribution in [1.29, 1.82) is 0 Å². The molecule has 0 unspecified atom stereocenters. The predicted molar refractivity (Wildman–Crippen MR) is 172 cm³/mol. The van der Waals surface area contributed by atoms with Crippen molar-refractivity contribution >= 4 is 0 Å². The fraction of sp³-hybridized carbons (Fsp3) is 0.838. The molecule has 1 aromatic heterocycles. The van der Waals surface area contributed by atoms with Gasteiger partial charge in [0, 0.05) is 11.4 Å². The number of nitrogens with zero attached hydrogens (tertiary/aromatic N) is 1. The van der Waals surface area contributed by atoms with Crippen LogP contribution in [0.5, 0.6) is 0 Å². The summed E-state index contributed by atoms with van der Waals surface area (Å²) in [6.45, 7) is 8.75. The minimum absolute atomic E-state index is 0.889. The van der Waals surface area contributed by atoms with Crippen molar-refractivity contribution in [3.63, 3.8) is 0 Å². The molecule has 0 amide bonds. The molecule has 0 saturated carbocycles. The Morgan fingerprint density at radius 3 is 0.947 bits per heavy atom. The molecule has 0 saturated heterocycles. The minimum Gasteiger partial charge on any atom is -0.258 e. The van der Waals surface area contributed by atoms with Crippen molar-refractivity contribution in [3.8, 4) is 0 Å². The fourth-order valence-electron chi connectivity index (χ4n) is 5.77.